The highest BCUT2D eigenvalue weighted by Crippen LogP contribution is 2.31. The second kappa shape index (κ2) is 8.82. The van der Waals surface area contributed by atoms with Crippen LogP contribution in [-0.2, 0) is 17.4 Å². The Bertz CT molecular complexity index is 981. The Morgan fingerprint density at radius 3 is 2.48 bits per heavy atom. The molecule has 0 aliphatic carbocycles. The van der Waals surface area contributed by atoms with Gasteiger partial charge in [0.1, 0.15) is 11.4 Å². The molecule has 2 aromatic rings. The standard InChI is InChI=1S/C19H17F4N3O3/c1-10(24)17(18(28)29)16(9-27)26-14-2-3-25-15(8-14)6-11-4-12(19(21,22)23)7-13(20)5-11/h2-5,7-8,27H,6,9,24H2,1H3,(H,28,29)/b17-10+,26-16?. The smallest absolute Gasteiger partial charge is 0.416 e. The van der Waals surface area contributed by atoms with Crippen LogP contribution in [0.15, 0.2) is 52.8 Å². The van der Waals surface area contributed by atoms with Gasteiger partial charge in [0, 0.05) is 24.0 Å². The second-order valence-corrected chi connectivity index (χ2v) is 6.11. The lowest BCUT2D eigenvalue weighted by Gasteiger charge is -2.10. The number of aliphatic imine (C=N–C) groups is 1. The first-order valence-corrected chi connectivity index (χ1v) is 8.21. The molecule has 1 aromatic heterocycles. The number of halogens is 4. The molecule has 0 fully saturated rings. The minimum atomic E-state index is -4.69. The summed E-state index contributed by atoms with van der Waals surface area (Å²) in [7, 11) is 0. The fourth-order valence-electron chi connectivity index (χ4n) is 2.60. The van der Waals surface area contributed by atoms with Gasteiger partial charge in [0.25, 0.3) is 0 Å². The number of hydrogen-bond acceptors (Lipinski definition) is 5. The highest BCUT2D eigenvalue weighted by molar-refractivity contribution is 6.20. The molecule has 154 valence electrons. The summed E-state index contributed by atoms with van der Waals surface area (Å²) in [6, 6.07) is 4.99. The van der Waals surface area contributed by atoms with Crippen molar-refractivity contribution in [1.29, 1.82) is 0 Å². The van der Waals surface area contributed by atoms with E-state index in [9.17, 15) is 32.6 Å². The molecule has 0 saturated carbocycles. The van der Waals surface area contributed by atoms with E-state index in [2.05, 4.69) is 9.98 Å². The molecule has 0 spiro atoms. The van der Waals surface area contributed by atoms with Crippen molar-refractivity contribution in [1.82, 2.24) is 4.98 Å². The maximum atomic E-state index is 13.6. The SMILES string of the molecule is C/C(N)=C(\C(=O)O)C(CO)=Nc1ccnc(Cc2cc(F)cc(C(F)(F)F)c2)c1. The van der Waals surface area contributed by atoms with Crippen LogP contribution in [0.25, 0.3) is 0 Å². The zero-order chi connectivity index (χ0) is 21.8. The average Bonchev–Trinajstić information content (AvgIpc) is 2.59. The minimum Gasteiger partial charge on any atom is -0.478 e. The monoisotopic (exact) mass is 411 g/mol. The molecule has 1 aromatic carbocycles. The Hall–Kier alpha value is -3.27. The number of aliphatic hydroxyl groups excluding tert-OH is 1. The Morgan fingerprint density at radius 2 is 1.93 bits per heavy atom. The molecule has 4 N–H and O–H groups in total. The third-order valence-electron chi connectivity index (χ3n) is 3.78. The van der Waals surface area contributed by atoms with Gasteiger partial charge in [-0.05, 0) is 42.8 Å². The summed E-state index contributed by atoms with van der Waals surface area (Å²) in [4.78, 5) is 19.4. The van der Waals surface area contributed by atoms with Crippen LogP contribution in [0.3, 0.4) is 0 Å². The van der Waals surface area contributed by atoms with Crippen molar-refractivity contribution in [2.24, 2.45) is 10.7 Å². The lowest BCUT2D eigenvalue weighted by molar-refractivity contribution is -0.138. The topological polar surface area (TPSA) is 109 Å². The first-order valence-electron chi connectivity index (χ1n) is 8.21. The Balaban J connectivity index is 2.39. The van der Waals surface area contributed by atoms with Crippen molar-refractivity contribution in [2.45, 2.75) is 19.5 Å². The first kappa shape index (κ1) is 22.0. The van der Waals surface area contributed by atoms with Gasteiger partial charge in [0.05, 0.1) is 23.6 Å². The molecule has 29 heavy (non-hydrogen) atoms. The molecule has 10 heteroatoms. The first-order chi connectivity index (χ1) is 13.5. The number of benzene rings is 1. The van der Waals surface area contributed by atoms with E-state index in [0.29, 0.717) is 6.07 Å². The molecule has 0 atom stereocenters. The van der Waals surface area contributed by atoms with Gasteiger partial charge in [-0.3, -0.25) is 4.98 Å². The third kappa shape index (κ3) is 5.85. The number of hydrogen-bond donors (Lipinski definition) is 3. The normalized spacial score (nSPS) is 13.2. The van der Waals surface area contributed by atoms with E-state index < -0.39 is 30.1 Å². The van der Waals surface area contributed by atoms with E-state index in [0.717, 1.165) is 12.1 Å². The third-order valence-corrected chi connectivity index (χ3v) is 3.78. The number of carboxylic acid groups (broad SMARTS) is 1. The molecular weight excluding hydrogens is 394 g/mol. The van der Waals surface area contributed by atoms with Gasteiger partial charge in [0.15, 0.2) is 0 Å². The van der Waals surface area contributed by atoms with Gasteiger partial charge in [-0.25, -0.2) is 14.2 Å². The number of nitrogens with zero attached hydrogens (tertiary/aromatic N) is 2. The summed E-state index contributed by atoms with van der Waals surface area (Å²) >= 11 is 0. The van der Waals surface area contributed by atoms with Crippen LogP contribution in [0.1, 0.15) is 23.7 Å². The number of alkyl halides is 3. The predicted molar refractivity (Wildman–Crippen MR) is 97.1 cm³/mol. The van der Waals surface area contributed by atoms with Crippen LogP contribution in [0.5, 0.6) is 0 Å². The number of rotatable bonds is 6. The lowest BCUT2D eigenvalue weighted by atomic mass is 10.0. The summed E-state index contributed by atoms with van der Waals surface area (Å²) in [5.74, 6) is -2.40. The number of carboxylic acids is 1. The van der Waals surface area contributed by atoms with Gasteiger partial charge in [-0.1, -0.05) is 0 Å². The van der Waals surface area contributed by atoms with Crippen LogP contribution in [-0.4, -0.2) is 33.5 Å². The quantitative estimate of drug-likeness (QED) is 0.384. The number of aliphatic hydroxyl groups is 1. The fourth-order valence-corrected chi connectivity index (χ4v) is 2.60. The van der Waals surface area contributed by atoms with Gasteiger partial charge in [-0.15, -0.1) is 0 Å². The van der Waals surface area contributed by atoms with E-state index >= 15 is 0 Å². The molecule has 0 aliphatic heterocycles. The van der Waals surface area contributed by atoms with E-state index in [-0.39, 0.29) is 40.3 Å². The predicted octanol–water partition coefficient (Wildman–Crippen LogP) is 3.21. The summed E-state index contributed by atoms with van der Waals surface area (Å²) in [6.07, 6.45) is -3.49. The van der Waals surface area contributed by atoms with Crippen molar-refractivity contribution in [3.8, 4) is 0 Å². The Labute approximate surface area is 163 Å². The molecule has 1 heterocycles. The highest BCUT2D eigenvalue weighted by atomic mass is 19.4. The number of aliphatic carboxylic acids is 1. The van der Waals surface area contributed by atoms with Crippen LogP contribution in [0.2, 0.25) is 0 Å². The van der Waals surface area contributed by atoms with Gasteiger partial charge >= 0.3 is 12.1 Å². The van der Waals surface area contributed by atoms with E-state index in [1.165, 1.54) is 25.3 Å². The summed E-state index contributed by atoms with van der Waals surface area (Å²) in [5.41, 5.74) is 4.34. The van der Waals surface area contributed by atoms with Crippen molar-refractivity contribution in [2.75, 3.05) is 6.61 Å². The Morgan fingerprint density at radius 1 is 1.24 bits per heavy atom. The molecule has 0 amide bonds. The van der Waals surface area contributed by atoms with Gasteiger partial charge in [0.2, 0.25) is 0 Å². The van der Waals surface area contributed by atoms with Crippen LogP contribution < -0.4 is 5.73 Å². The van der Waals surface area contributed by atoms with Crippen LogP contribution >= 0.6 is 0 Å². The largest absolute Gasteiger partial charge is 0.478 e. The van der Waals surface area contributed by atoms with Crippen LogP contribution in [0, 0.1) is 5.82 Å². The van der Waals surface area contributed by atoms with Crippen molar-refractivity contribution >= 4 is 17.4 Å². The second-order valence-electron chi connectivity index (χ2n) is 6.11. The molecule has 0 bridgehead atoms. The summed E-state index contributed by atoms with van der Waals surface area (Å²) < 4.78 is 52.1. The van der Waals surface area contributed by atoms with Gasteiger partial charge < -0.3 is 15.9 Å². The molecule has 0 saturated heterocycles. The summed E-state index contributed by atoms with van der Waals surface area (Å²) in [5, 5.41) is 18.7. The van der Waals surface area contributed by atoms with Crippen LogP contribution in [0.4, 0.5) is 23.2 Å². The molecule has 0 unspecified atom stereocenters. The highest BCUT2D eigenvalue weighted by Gasteiger charge is 2.31. The minimum absolute atomic E-state index is 0.0530. The number of aromatic nitrogens is 1. The van der Waals surface area contributed by atoms with Crippen molar-refractivity contribution in [3.63, 3.8) is 0 Å². The number of allylic oxidation sites excluding steroid dienone is 1. The maximum Gasteiger partial charge on any atom is 0.416 e. The van der Waals surface area contributed by atoms with E-state index in [1.54, 1.807) is 0 Å². The van der Waals surface area contributed by atoms with E-state index in [1.807, 2.05) is 0 Å². The zero-order valence-electron chi connectivity index (χ0n) is 15.2. The van der Waals surface area contributed by atoms with E-state index in [4.69, 9.17) is 5.73 Å². The molecular formula is C19H17F4N3O3. The van der Waals surface area contributed by atoms with Gasteiger partial charge in [-0.2, -0.15) is 13.2 Å². The molecule has 6 nitrogen and oxygen atoms in total. The molecule has 0 radical (unpaired) electrons. The number of pyridine rings is 1. The van der Waals surface area contributed by atoms with Crippen molar-refractivity contribution < 1.29 is 32.6 Å². The zero-order valence-corrected chi connectivity index (χ0v) is 15.2. The molecule has 0 aliphatic rings. The fraction of sp³-hybridized carbons (Fsp3) is 0.211. The summed E-state index contributed by atoms with van der Waals surface area (Å²) in [6.45, 7) is 0.640. The lowest BCUT2D eigenvalue weighted by Crippen LogP contribution is -2.20. The maximum absolute atomic E-state index is 13.6. The average molecular weight is 411 g/mol. The Kier molecular flexibility index (Phi) is 6.70. The number of nitrogens with two attached hydrogens (primary N) is 1. The van der Waals surface area contributed by atoms with Crippen molar-refractivity contribution in [3.05, 3.63) is 70.4 Å². The number of carbonyl (C=O) groups is 1. The molecule has 2 rings (SSSR count).